The van der Waals surface area contributed by atoms with Crippen LogP contribution >= 0.6 is 0 Å². The summed E-state index contributed by atoms with van der Waals surface area (Å²) in [4.78, 5) is 0. The van der Waals surface area contributed by atoms with Crippen LogP contribution in [-0.2, 0) is 6.42 Å². The van der Waals surface area contributed by atoms with Gasteiger partial charge in [-0.15, -0.1) is 0 Å². The van der Waals surface area contributed by atoms with Crippen molar-refractivity contribution < 1.29 is 5.11 Å². The number of hydrogen-bond acceptors (Lipinski definition) is 2. The van der Waals surface area contributed by atoms with E-state index in [-0.39, 0.29) is 6.10 Å². The molecule has 0 heterocycles. The lowest BCUT2D eigenvalue weighted by Gasteiger charge is -2.11. The van der Waals surface area contributed by atoms with Crippen LogP contribution in [0.3, 0.4) is 0 Å². The maximum Gasteiger partial charge on any atom is 0.0790 e. The first-order valence-electron chi connectivity index (χ1n) is 5.75. The molecule has 84 valence electrons. The Labute approximate surface area is 92.1 Å². The van der Waals surface area contributed by atoms with E-state index in [2.05, 4.69) is 19.1 Å². The van der Waals surface area contributed by atoms with Gasteiger partial charge in [0, 0.05) is 0 Å². The van der Waals surface area contributed by atoms with Crippen molar-refractivity contribution in [2.24, 2.45) is 5.73 Å². The standard InChI is InChI=1S/C13H21NO/c1-2-5-13(15)12-8-3-6-11(10-12)7-4-9-14/h3,6,8,10,13,15H,2,4-5,7,9,14H2,1H3. The first kappa shape index (κ1) is 12.2. The van der Waals surface area contributed by atoms with Crippen LogP contribution in [0.4, 0.5) is 0 Å². The van der Waals surface area contributed by atoms with Crippen LogP contribution in [0.5, 0.6) is 0 Å². The zero-order valence-corrected chi connectivity index (χ0v) is 9.45. The summed E-state index contributed by atoms with van der Waals surface area (Å²) < 4.78 is 0. The highest BCUT2D eigenvalue weighted by atomic mass is 16.3. The van der Waals surface area contributed by atoms with Crippen LogP contribution in [-0.4, -0.2) is 11.7 Å². The lowest BCUT2D eigenvalue weighted by Crippen LogP contribution is -2.01. The molecule has 0 radical (unpaired) electrons. The predicted octanol–water partition coefficient (Wildman–Crippen LogP) is 2.41. The van der Waals surface area contributed by atoms with E-state index in [4.69, 9.17) is 5.73 Å². The quantitative estimate of drug-likeness (QED) is 0.752. The molecule has 1 unspecified atom stereocenters. The van der Waals surface area contributed by atoms with Crippen LogP contribution in [0.2, 0.25) is 0 Å². The van der Waals surface area contributed by atoms with Gasteiger partial charge < -0.3 is 10.8 Å². The summed E-state index contributed by atoms with van der Waals surface area (Å²) in [5.41, 5.74) is 7.78. The second-order valence-electron chi connectivity index (χ2n) is 3.94. The Kier molecular flexibility index (Phi) is 5.37. The fourth-order valence-corrected chi connectivity index (χ4v) is 1.70. The lowest BCUT2D eigenvalue weighted by atomic mass is 10.0. The number of aliphatic hydroxyl groups excluding tert-OH is 1. The lowest BCUT2D eigenvalue weighted by molar-refractivity contribution is 0.166. The fourth-order valence-electron chi connectivity index (χ4n) is 1.70. The molecule has 1 aromatic carbocycles. The molecule has 0 bridgehead atoms. The van der Waals surface area contributed by atoms with E-state index in [1.54, 1.807) is 0 Å². The molecule has 1 rings (SSSR count). The molecule has 0 aliphatic heterocycles. The van der Waals surface area contributed by atoms with Gasteiger partial charge in [-0.05, 0) is 36.9 Å². The molecule has 0 saturated heterocycles. The summed E-state index contributed by atoms with van der Waals surface area (Å²) in [5, 5.41) is 9.85. The van der Waals surface area contributed by atoms with Crippen molar-refractivity contribution in [2.75, 3.05) is 6.54 Å². The highest BCUT2D eigenvalue weighted by Crippen LogP contribution is 2.19. The molecule has 1 aromatic rings. The predicted molar refractivity (Wildman–Crippen MR) is 63.7 cm³/mol. The van der Waals surface area contributed by atoms with Crippen molar-refractivity contribution >= 4 is 0 Å². The summed E-state index contributed by atoms with van der Waals surface area (Å²) in [6.07, 6.45) is 3.54. The van der Waals surface area contributed by atoms with Gasteiger partial charge in [0.2, 0.25) is 0 Å². The molecule has 2 heteroatoms. The Morgan fingerprint density at radius 3 is 2.87 bits per heavy atom. The third-order valence-corrected chi connectivity index (χ3v) is 2.57. The topological polar surface area (TPSA) is 46.2 Å². The minimum absolute atomic E-state index is 0.312. The first-order valence-corrected chi connectivity index (χ1v) is 5.75. The van der Waals surface area contributed by atoms with Gasteiger partial charge in [-0.25, -0.2) is 0 Å². The first-order chi connectivity index (χ1) is 7.27. The number of rotatable bonds is 6. The second kappa shape index (κ2) is 6.59. The van der Waals surface area contributed by atoms with E-state index in [9.17, 15) is 5.11 Å². The summed E-state index contributed by atoms with van der Waals surface area (Å²) >= 11 is 0. The molecule has 0 aromatic heterocycles. The van der Waals surface area contributed by atoms with Gasteiger partial charge in [-0.2, -0.15) is 0 Å². The zero-order chi connectivity index (χ0) is 11.1. The van der Waals surface area contributed by atoms with Crippen molar-refractivity contribution in [3.05, 3.63) is 35.4 Å². The normalized spacial score (nSPS) is 12.7. The summed E-state index contributed by atoms with van der Waals surface area (Å²) in [6, 6.07) is 8.19. The molecule has 1 atom stereocenters. The van der Waals surface area contributed by atoms with Crippen molar-refractivity contribution in [1.29, 1.82) is 0 Å². The molecule has 0 spiro atoms. The van der Waals surface area contributed by atoms with Crippen molar-refractivity contribution in [1.82, 2.24) is 0 Å². The van der Waals surface area contributed by atoms with E-state index in [1.807, 2.05) is 12.1 Å². The zero-order valence-electron chi connectivity index (χ0n) is 9.45. The summed E-state index contributed by atoms with van der Waals surface area (Å²) in [7, 11) is 0. The van der Waals surface area contributed by atoms with E-state index >= 15 is 0 Å². The van der Waals surface area contributed by atoms with E-state index in [0.29, 0.717) is 0 Å². The van der Waals surface area contributed by atoms with Crippen LogP contribution in [0, 0.1) is 0 Å². The third kappa shape index (κ3) is 4.02. The smallest absolute Gasteiger partial charge is 0.0790 e. The highest BCUT2D eigenvalue weighted by Gasteiger charge is 2.06. The summed E-state index contributed by atoms with van der Waals surface area (Å²) in [6.45, 7) is 2.81. The van der Waals surface area contributed by atoms with Gasteiger partial charge in [0.1, 0.15) is 0 Å². The molecule has 15 heavy (non-hydrogen) atoms. The summed E-state index contributed by atoms with van der Waals surface area (Å²) in [5.74, 6) is 0. The molecule has 0 fully saturated rings. The molecule has 2 nitrogen and oxygen atoms in total. The van der Waals surface area contributed by atoms with Crippen molar-refractivity contribution in [3.63, 3.8) is 0 Å². The van der Waals surface area contributed by atoms with Crippen LogP contribution < -0.4 is 5.73 Å². The molecular weight excluding hydrogens is 186 g/mol. The van der Waals surface area contributed by atoms with Gasteiger partial charge in [0.15, 0.2) is 0 Å². The Morgan fingerprint density at radius 1 is 1.40 bits per heavy atom. The fraction of sp³-hybridized carbons (Fsp3) is 0.538. The van der Waals surface area contributed by atoms with Gasteiger partial charge in [0.25, 0.3) is 0 Å². The highest BCUT2D eigenvalue weighted by molar-refractivity contribution is 5.25. The number of benzene rings is 1. The van der Waals surface area contributed by atoms with E-state index in [1.165, 1.54) is 5.56 Å². The van der Waals surface area contributed by atoms with Crippen molar-refractivity contribution in [3.8, 4) is 0 Å². The van der Waals surface area contributed by atoms with Crippen LogP contribution in [0.15, 0.2) is 24.3 Å². The molecule has 0 amide bonds. The van der Waals surface area contributed by atoms with E-state index in [0.717, 1.165) is 37.8 Å². The average Bonchev–Trinajstić information content (AvgIpc) is 2.27. The van der Waals surface area contributed by atoms with Gasteiger partial charge in [-0.3, -0.25) is 0 Å². The van der Waals surface area contributed by atoms with Gasteiger partial charge in [0.05, 0.1) is 6.10 Å². The van der Waals surface area contributed by atoms with Gasteiger partial charge >= 0.3 is 0 Å². The Balaban J connectivity index is 2.64. The minimum Gasteiger partial charge on any atom is -0.388 e. The molecule has 0 aliphatic rings. The average molecular weight is 207 g/mol. The van der Waals surface area contributed by atoms with Gasteiger partial charge in [-0.1, -0.05) is 37.6 Å². The maximum absolute atomic E-state index is 9.85. The monoisotopic (exact) mass is 207 g/mol. The maximum atomic E-state index is 9.85. The SMILES string of the molecule is CCCC(O)c1cccc(CCCN)c1. The molecule has 0 aliphatic carbocycles. The minimum atomic E-state index is -0.312. The Morgan fingerprint density at radius 2 is 2.20 bits per heavy atom. The Bertz CT molecular complexity index is 286. The van der Waals surface area contributed by atoms with Crippen LogP contribution in [0.1, 0.15) is 43.4 Å². The Hall–Kier alpha value is -0.860. The number of nitrogens with two attached hydrogens (primary N) is 1. The van der Waals surface area contributed by atoms with Crippen LogP contribution in [0.25, 0.3) is 0 Å². The molecular formula is C13H21NO. The number of aliphatic hydroxyl groups is 1. The number of aryl methyl sites for hydroxylation is 1. The van der Waals surface area contributed by atoms with E-state index < -0.39 is 0 Å². The molecule has 3 N–H and O–H groups in total. The molecule has 0 saturated carbocycles. The van der Waals surface area contributed by atoms with Crippen molar-refractivity contribution in [2.45, 2.75) is 38.7 Å². The number of hydrogen-bond donors (Lipinski definition) is 2. The second-order valence-corrected chi connectivity index (χ2v) is 3.94. The largest absolute Gasteiger partial charge is 0.388 e. The third-order valence-electron chi connectivity index (χ3n) is 2.57.